The quantitative estimate of drug-likeness (QED) is 0.345. The fourth-order valence-electron chi connectivity index (χ4n) is 3.92. The highest BCUT2D eigenvalue weighted by Crippen LogP contribution is 2.29. The number of piperazine rings is 1. The van der Waals surface area contributed by atoms with Gasteiger partial charge in [-0.05, 0) is 35.6 Å². The molecule has 0 spiro atoms. The van der Waals surface area contributed by atoms with E-state index in [4.69, 9.17) is 0 Å². The van der Waals surface area contributed by atoms with Crippen LogP contribution in [0.4, 0.5) is 10.7 Å². The van der Waals surface area contributed by atoms with E-state index in [0.29, 0.717) is 13.1 Å². The summed E-state index contributed by atoms with van der Waals surface area (Å²) in [5.74, 6) is 0.822. The third-order valence-electron chi connectivity index (χ3n) is 5.43. The number of rotatable bonds is 5. The van der Waals surface area contributed by atoms with Crippen molar-refractivity contribution in [1.82, 2.24) is 10.2 Å². The first-order valence-electron chi connectivity index (χ1n) is 9.91. The Morgan fingerprint density at radius 1 is 1.10 bits per heavy atom. The van der Waals surface area contributed by atoms with Gasteiger partial charge in [-0.15, -0.1) is 35.3 Å². The van der Waals surface area contributed by atoms with Gasteiger partial charge in [0.2, 0.25) is 10.0 Å². The fraction of sp³-hybridized carbons (Fsp3) is 0.450. The van der Waals surface area contributed by atoms with E-state index in [9.17, 15) is 8.42 Å². The van der Waals surface area contributed by atoms with Crippen LogP contribution in [0.2, 0.25) is 0 Å². The fourth-order valence-corrected chi connectivity index (χ4v) is 6.13. The molecule has 0 saturated carbocycles. The molecular formula is C20H28IN5O2S2. The summed E-state index contributed by atoms with van der Waals surface area (Å²) in [6.45, 7) is 4.47. The molecule has 0 bridgehead atoms. The van der Waals surface area contributed by atoms with Crippen LogP contribution in [0.15, 0.2) is 46.8 Å². The minimum absolute atomic E-state index is 0. The molecule has 1 fully saturated rings. The van der Waals surface area contributed by atoms with Gasteiger partial charge < -0.3 is 15.1 Å². The van der Waals surface area contributed by atoms with Gasteiger partial charge in [0.25, 0.3) is 0 Å². The van der Waals surface area contributed by atoms with Crippen molar-refractivity contribution in [3.05, 3.63) is 47.3 Å². The molecule has 1 saturated heterocycles. The number of anilines is 2. The predicted molar refractivity (Wildman–Crippen MR) is 136 cm³/mol. The standard InChI is InChI=1S/C20H27N5O2S2.HI/c1-21-20(24-13-11-23(12-14-24)19-7-4-15-28-19)22-9-16-29(26,27)25-10-8-17-5-2-3-6-18(17)25;/h2-7,15H,8-14,16H2,1H3,(H,21,22);1H. The van der Waals surface area contributed by atoms with E-state index < -0.39 is 10.0 Å². The zero-order valence-electron chi connectivity index (χ0n) is 17.0. The molecule has 3 heterocycles. The number of sulfonamides is 1. The molecule has 0 radical (unpaired) electrons. The van der Waals surface area contributed by atoms with Crippen LogP contribution in [-0.2, 0) is 16.4 Å². The Bertz CT molecular complexity index is 957. The Kier molecular flexibility index (Phi) is 7.86. The number of aliphatic imine (C=N–C) groups is 1. The minimum Gasteiger partial charge on any atom is -0.360 e. The number of nitrogens with one attached hydrogen (secondary N) is 1. The Labute approximate surface area is 199 Å². The van der Waals surface area contributed by atoms with Crippen LogP contribution in [0, 0.1) is 0 Å². The summed E-state index contributed by atoms with van der Waals surface area (Å²) in [4.78, 5) is 8.93. The van der Waals surface area contributed by atoms with Crippen molar-refractivity contribution in [3.8, 4) is 0 Å². The summed E-state index contributed by atoms with van der Waals surface area (Å²) in [5.41, 5.74) is 1.92. The first-order chi connectivity index (χ1) is 14.1. The molecule has 0 aliphatic carbocycles. The first-order valence-corrected chi connectivity index (χ1v) is 12.4. The van der Waals surface area contributed by atoms with Gasteiger partial charge in [0.15, 0.2) is 5.96 Å². The van der Waals surface area contributed by atoms with E-state index in [0.717, 1.165) is 49.8 Å². The van der Waals surface area contributed by atoms with Gasteiger partial charge in [-0.1, -0.05) is 18.2 Å². The molecule has 1 aromatic heterocycles. The summed E-state index contributed by atoms with van der Waals surface area (Å²) < 4.78 is 27.2. The van der Waals surface area contributed by atoms with Crippen LogP contribution >= 0.6 is 35.3 Å². The molecule has 2 aliphatic rings. The van der Waals surface area contributed by atoms with Crippen LogP contribution in [0.3, 0.4) is 0 Å². The van der Waals surface area contributed by atoms with E-state index in [2.05, 4.69) is 37.6 Å². The smallest absolute Gasteiger partial charge is 0.236 e. The van der Waals surface area contributed by atoms with Gasteiger partial charge in [0.05, 0.1) is 16.4 Å². The molecule has 0 amide bonds. The molecule has 0 atom stereocenters. The van der Waals surface area contributed by atoms with Crippen molar-refractivity contribution in [1.29, 1.82) is 0 Å². The van der Waals surface area contributed by atoms with Crippen LogP contribution < -0.4 is 14.5 Å². The molecule has 1 N–H and O–H groups in total. The number of fused-ring (bicyclic) bond motifs is 1. The molecule has 30 heavy (non-hydrogen) atoms. The third kappa shape index (κ3) is 5.02. The second-order valence-corrected chi connectivity index (χ2v) is 10.1. The summed E-state index contributed by atoms with van der Waals surface area (Å²) in [5, 5.41) is 6.64. The lowest BCUT2D eigenvalue weighted by molar-refractivity contribution is 0.374. The Morgan fingerprint density at radius 3 is 2.57 bits per heavy atom. The van der Waals surface area contributed by atoms with E-state index in [1.807, 2.05) is 24.3 Å². The number of benzene rings is 1. The van der Waals surface area contributed by atoms with E-state index in [1.165, 1.54) is 5.00 Å². The van der Waals surface area contributed by atoms with Crippen molar-refractivity contribution >= 4 is 62.0 Å². The molecule has 0 unspecified atom stereocenters. The Balaban J connectivity index is 0.00000256. The van der Waals surface area contributed by atoms with Gasteiger partial charge >= 0.3 is 0 Å². The topological polar surface area (TPSA) is 68.2 Å². The summed E-state index contributed by atoms with van der Waals surface area (Å²) in [7, 11) is -1.61. The number of halogens is 1. The number of guanidine groups is 1. The van der Waals surface area contributed by atoms with Crippen LogP contribution in [0.5, 0.6) is 0 Å². The normalized spacial score (nSPS) is 17.0. The summed E-state index contributed by atoms with van der Waals surface area (Å²) >= 11 is 1.76. The maximum atomic E-state index is 12.8. The van der Waals surface area contributed by atoms with Crippen LogP contribution in [0.1, 0.15) is 5.56 Å². The highest BCUT2D eigenvalue weighted by atomic mass is 127. The van der Waals surface area contributed by atoms with E-state index in [-0.39, 0.29) is 29.7 Å². The van der Waals surface area contributed by atoms with Gasteiger partial charge in [-0.2, -0.15) is 0 Å². The number of hydrogen-bond donors (Lipinski definition) is 1. The van der Waals surface area contributed by atoms with Crippen molar-refractivity contribution in [2.24, 2.45) is 4.99 Å². The Hall–Kier alpha value is -1.53. The van der Waals surface area contributed by atoms with Gasteiger partial charge in [-0.3, -0.25) is 9.30 Å². The molecular weight excluding hydrogens is 533 g/mol. The molecule has 1 aromatic carbocycles. The maximum Gasteiger partial charge on any atom is 0.236 e. The number of para-hydroxylation sites is 1. The highest BCUT2D eigenvalue weighted by Gasteiger charge is 2.29. The average Bonchev–Trinajstić information content (AvgIpc) is 3.41. The maximum absolute atomic E-state index is 12.8. The lowest BCUT2D eigenvalue weighted by Crippen LogP contribution is -2.53. The van der Waals surface area contributed by atoms with Crippen molar-refractivity contribution in [2.45, 2.75) is 6.42 Å². The molecule has 7 nitrogen and oxygen atoms in total. The average molecular weight is 562 g/mol. The Morgan fingerprint density at radius 2 is 1.87 bits per heavy atom. The van der Waals surface area contributed by atoms with Gasteiger partial charge in [0.1, 0.15) is 0 Å². The summed E-state index contributed by atoms with van der Waals surface area (Å²) in [6.07, 6.45) is 0.777. The second-order valence-electron chi connectivity index (χ2n) is 7.17. The zero-order valence-corrected chi connectivity index (χ0v) is 21.0. The highest BCUT2D eigenvalue weighted by molar-refractivity contribution is 14.0. The van der Waals surface area contributed by atoms with Gasteiger partial charge in [0, 0.05) is 46.3 Å². The minimum atomic E-state index is -3.36. The first kappa shape index (κ1) is 23.1. The van der Waals surface area contributed by atoms with Crippen molar-refractivity contribution < 1.29 is 8.42 Å². The molecule has 2 aliphatic heterocycles. The SMILES string of the molecule is CN=C(NCCS(=O)(=O)N1CCc2ccccc21)N1CCN(c2cccs2)CC1.I. The molecule has 4 rings (SSSR count). The molecule has 164 valence electrons. The van der Waals surface area contributed by atoms with E-state index in [1.54, 1.807) is 22.7 Å². The largest absolute Gasteiger partial charge is 0.360 e. The monoisotopic (exact) mass is 561 g/mol. The number of nitrogens with zero attached hydrogens (tertiary/aromatic N) is 4. The zero-order chi connectivity index (χ0) is 20.3. The lowest BCUT2D eigenvalue weighted by atomic mass is 10.2. The van der Waals surface area contributed by atoms with E-state index >= 15 is 0 Å². The van der Waals surface area contributed by atoms with Gasteiger partial charge in [-0.25, -0.2) is 8.42 Å². The van der Waals surface area contributed by atoms with Crippen LogP contribution in [-0.4, -0.2) is 71.3 Å². The number of hydrogen-bond acceptors (Lipinski definition) is 5. The second kappa shape index (κ2) is 10.2. The lowest BCUT2D eigenvalue weighted by Gasteiger charge is -2.37. The molecule has 10 heteroatoms. The van der Waals surface area contributed by atoms with Crippen molar-refractivity contribution in [2.75, 3.05) is 61.3 Å². The summed E-state index contributed by atoms with van der Waals surface area (Å²) in [6, 6.07) is 12.0. The van der Waals surface area contributed by atoms with Crippen molar-refractivity contribution in [3.63, 3.8) is 0 Å². The third-order valence-corrected chi connectivity index (χ3v) is 8.13. The predicted octanol–water partition coefficient (Wildman–Crippen LogP) is 2.46. The number of thiophene rings is 1. The molecule has 2 aromatic rings. The van der Waals surface area contributed by atoms with Crippen LogP contribution in [0.25, 0.3) is 0 Å².